The van der Waals surface area contributed by atoms with Crippen molar-refractivity contribution in [1.82, 2.24) is 14.2 Å². The van der Waals surface area contributed by atoms with E-state index in [1.165, 1.54) is 9.55 Å². The number of fused-ring (bicyclic) bond motifs is 1. The van der Waals surface area contributed by atoms with Gasteiger partial charge in [-0.15, -0.1) is 0 Å². The molecular formula is C20H25N3O2S. The molecule has 1 aliphatic heterocycles. The number of aromatic nitrogens is 1. The van der Waals surface area contributed by atoms with Crippen LogP contribution in [0.15, 0.2) is 60.3 Å². The SMILES string of the molecule is CC1(S(=O)(=O)n2ccc3ccccc32)C=CC=C(CN2CCNCC2)C1. The maximum Gasteiger partial charge on any atom is 0.248 e. The third kappa shape index (κ3) is 3.02. The van der Waals surface area contributed by atoms with E-state index in [9.17, 15) is 8.42 Å². The molecule has 1 atom stereocenters. The largest absolute Gasteiger partial charge is 0.314 e. The van der Waals surface area contributed by atoms with Gasteiger partial charge in [0.05, 0.1) is 5.52 Å². The highest BCUT2D eigenvalue weighted by Gasteiger charge is 2.40. The minimum absolute atomic E-state index is 0.530. The van der Waals surface area contributed by atoms with Crippen LogP contribution in [0.4, 0.5) is 0 Å². The van der Waals surface area contributed by atoms with E-state index in [2.05, 4.69) is 16.3 Å². The Morgan fingerprint density at radius 1 is 1.15 bits per heavy atom. The molecule has 1 saturated heterocycles. The summed E-state index contributed by atoms with van der Waals surface area (Å²) in [6.45, 7) is 6.67. The first-order valence-corrected chi connectivity index (χ1v) is 10.6. The van der Waals surface area contributed by atoms with Crippen molar-refractivity contribution in [1.29, 1.82) is 0 Å². The lowest BCUT2D eigenvalue weighted by atomic mass is 9.94. The smallest absolute Gasteiger partial charge is 0.248 e. The van der Waals surface area contributed by atoms with Crippen LogP contribution in [0.2, 0.25) is 0 Å². The number of nitrogens with one attached hydrogen (secondary N) is 1. The fraction of sp³-hybridized carbons (Fsp3) is 0.400. The molecule has 2 aromatic rings. The summed E-state index contributed by atoms with van der Waals surface area (Å²) in [4.78, 5) is 2.39. The number of benzene rings is 1. The van der Waals surface area contributed by atoms with Crippen molar-refractivity contribution >= 4 is 20.9 Å². The summed E-state index contributed by atoms with van der Waals surface area (Å²) in [5.41, 5.74) is 1.91. The Bertz CT molecular complexity index is 968. The summed E-state index contributed by atoms with van der Waals surface area (Å²) >= 11 is 0. The summed E-state index contributed by atoms with van der Waals surface area (Å²) < 4.78 is 27.5. The molecule has 0 bridgehead atoms. The molecule has 138 valence electrons. The van der Waals surface area contributed by atoms with E-state index < -0.39 is 14.8 Å². The highest BCUT2D eigenvalue weighted by atomic mass is 32.2. The number of allylic oxidation sites excluding steroid dienone is 2. The first-order chi connectivity index (χ1) is 12.5. The van der Waals surface area contributed by atoms with Crippen LogP contribution in [0.25, 0.3) is 10.9 Å². The Kier molecular flexibility index (Phi) is 4.50. The Labute approximate surface area is 155 Å². The molecule has 0 radical (unpaired) electrons. The van der Waals surface area contributed by atoms with Crippen molar-refractivity contribution in [3.63, 3.8) is 0 Å². The van der Waals surface area contributed by atoms with Crippen LogP contribution >= 0.6 is 0 Å². The zero-order valence-corrected chi connectivity index (χ0v) is 15.9. The van der Waals surface area contributed by atoms with Gasteiger partial charge in [-0.05, 0) is 25.5 Å². The normalized spacial score (nSPS) is 24.7. The van der Waals surface area contributed by atoms with Gasteiger partial charge in [-0.2, -0.15) is 0 Å². The Hall–Kier alpha value is -1.89. The van der Waals surface area contributed by atoms with Crippen LogP contribution in [0, 0.1) is 0 Å². The highest BCUT2D eigenvalue weighted by molar-refractivity contribution is 7.91. The van der Waals surface area contributed by atoms with Gasteiger partial charge in [0.15, 0.2) is 0 Å². The molecule has 1 aromatic heterocycles. The van der Waals surface area contributed by atoms with Crippen LogP contribution in [-0.2, 0) is 10.0 Å². The average Bonchev–Trinajstić information content (AvgIpc) is 3.07. The first kappa shape index (κ1) is 17.5. The van der Waals surface area contributed by atoms with E-state index in [0.717, 1.165) is 43.6 Å². The molecular weight excluding hydrogens is 346 g/mol. The van der Waals surface area contributed by atoms with Gasteiger partial charge in [0.2, 0.25) is 10.0 Å². The molecule has 0 saturated carbocycles. The number of rotatable bonds is 4. The van der Waals surface area contributed by atoms with Crippen LogP contribution in [0.3, 0.4) is 0 Å². The summed E-state index contributed by atoms with van der Waals surface area (Å²) in [6, 6.07) is 9.47. The predicted octanol–water partition coefficient (Wildman–Crippen LogP) is 2.37. The summed E-state index contributed by atoms with van der Waals surface area (Å²) in [5.74, 6) is 0. The number of hydrogen-bond donors (Lipinski definition) is 1. The zero-order valence-electron chi connectivity index (χ0n) is 15.1. The Morgan fingerprint density at radius 3 is 2.73 bits per heavy atom. The van der Waals surface area contributed by atoms with Crippen LogP contribution in [-0.4, -0.2) is 54.8 Å². The molecule has 6 heteroatoms. The van der Waals surface area contributed by atoms with Crippen molar-refractivity contribution in [3.8, 4) is 0 Å². The molecule has 0 amide bonds. The number of nitrogens with zero attached hydrogens (tertiary/aromatic N) is 2. The fourth-order valence-electron chi connectivity index (χ4n) is 3.89. The monoisotopic (exact) mass is 371 g/mol. The van der Waals surface area contributed by atoms with Crippen molar-refractivity contribution in [2.24, 2.45) is 0 Å². The van der Waals surface area contributed by atoms with Crippen LogP contribution in [0.5, 0.6) is 0 Å². The molecule has 1 aromatic carbocycles. The number of hydrogen-bond acceptors (Lipinski definition) is 4. The molecule has 2 aliphatic rings. The molecule has 26 heavy (non-hydrogen) atoms. The quantitative estimate of drug-likeness (QED) is 0.897. The topological polar surface area (TPSA) is 54.3 Å². The Morgan fingerprint density at radius 2 is 1.92 bits per heavy atom. The second-order valence-corrected chi connectivity index (χ2v) is 9.65. The van der Waals surface area contributed by atoms with Gasteiger partial charge in [0.25, 0.3) is 0 Å². The average molecular weight is 372 g/mol. The second-order valence-electron chi connectivity index (χ2n) is 7.38. The van der Waals surface area contributed by atoms with E-state index in [-0.39, 0.29) is 0 Å². The maximum absolute atomic E-state index is 13.5. The van der Waals surface area contributed by atoms with Crippen LogP contribution < -0.4 is 5.32 Å². The number of para-hydroxylation sites is 1. The van der Waals surface area contributed by atoms with E-state index >= 15 is 0 Å². The van der Waals surface area contributed by atoms with Crippen molar-refractivity contribution in [2.45, 2.75) is 18.1 Å². The molecule has 1 aliphatic carbocycles. The summed E-state index contributed by atoms with van der Waals surface area (Å²) in [6.07, 6.45) is 8.02. The molecule has 4 rings (SSSR count). The molecule has 5 nitrogen and oxygen atoms in total. The van der Waals surface area contributed by atoms with Gasteiger partial charge >= 0.3 is 0 Å². The summed E-state index contributed by atoms with van der Waals surface area (Å²) in [7, 11) is -3.56. The van der Waals surface area contributed by atoms with E-state index in [0.29, 0.717) is 6.42 Å². The van der Waals surface area contributed by atoms with Gasteiger partial charge < -0.3 is 5.32 Å². The van der Waals surface area contributed by atoms with Crippen molar-refractivity contribution in [2.75, 3.05) is 32.7 Å². The standard InChI is InChI=1S/C20H25N3O2S/c1-20(9-4-5-17(15-20)16-22-13-10-21-11-14-22)26(24,25)23-12-8-18-6-2-3-7-19(18)23/h2-9,12,21H,10-11,13-16H2,1H3. The predicted molar refractivity (Wildman–Crippen MR) is 106 cm³/mol. The minimum atomic E-state index is -3.56. The fourth-order valence-corrected chi connectivity index (χ4v) is 5.60. The van der Waals surface area contributed by atoms with E-state index in [1.807, 2.05) is 49.4 Å². The van der Waals surface area contributed by atoms with Gasteiger partial charge in [0.1, 0.15) is 4.75 Å². The Balaban J connectivity index is 1.62. The zero-order chi connectivity index (χ0) is 18.2. The summed E-state index contributed by atoms with van der Waals surface area (Å²) in [5, 5.41) is 4.29. The second kappa shape index (κ2) is 6.68. The van der Waals surface area contributed by atoms with E-state index in [1.54, 1.807) is 6.20 Å². The van der Waals surface area contributed by atoms with Crippen LogP contribution in [0.1, 0.15) is 13.3 Å². The van der Waals surface area contributed by atoms with Gasteiger partial charge in [-0.25, -0.2) is 12.4 Å². The minimum Gasteiger partial charge on any atom is -0.314 e. The van der Waals surface area contributed by atoms with Gasteiger partial charge in [-0.1, -0.05) is 42.0 Å². The maximum atomic E-state index is 13.5. The lowest BCUT2D eigenvalue weighted by Gasteiger charge is -2.33. The lowest BCUT2D eigenvalue weighted by molar-refractivity contribution is 0.256. The molecule has 1 fully saturated rings. The number of piperazine rings is 1. The molecule has 2 heterocycles. The van der Waals surface area contributed by atoms with Gasteiger partial charge in [0, 0.05) is 44.3 Å². The third-order valence-electron chi connectivity index (χ3n) is 5.41. The lowest BCUT2D eigenvalue weighted by Crippen LogP contribution is -2.45. The molecule has 1 unspecified atom stereocenters. The van der Waals surface area contributed by atoms with Gasteiger partial charge in [-0.3, -0.25) is 4.90 Å². The van der Waals surface area contributed by atoms with Crippen molar-refractivity contribution in [3.05, 3.63) is 60.3 Å². The van der Waals surface area contributed by atoms with Crippen molar-refractivity contribution < 1.29 is 8.42 Å². The molecule has 1 N–H and O–H groups in total. The first-order valence-electron chi connectivity index (χ1n) is 9.11. The van der Waals surface area contributed by atoms with E-state index in [4.69, 9.17) is 0 Å². The third-order valence-corrected chi connectivity index (χ3v) is 7.70. The molecule has 0 spiro atoms. The highest BCUT2D eigenvalue weighted by Crippen LogP contribution is 2.34.